The van der Waals surface area contributed by atoms with Crippen LogP contribution in [0.4, 0.5) is 0 Å². The van der Waals surface area contributed by atoms with Crippen molar-refractivity contribution in [3.8, 4) is 68.1 Å². The SMILES string of the molecule is c1ccc(-c2cccc(-c3nc(-c4ccccc4)nc(-n4c5ccccc5c5cc6c(cc54)c4ccccc4n6-c4ccccc4-c4cccc(-c5ccccc5)n4)n3)c2)cc1. The summed E-state index contributed by atoms with van der Waals surface area (Å²) in [5.41, 5.74) is 13.4. The molecule has 0 aliphatic rings. The van der Waals surface area contributed by atoms with Gasteiger partial charge in [-0.2, -0.15) is 9.97 Å². The van der Waals surface area contributed by atoms with E-state index in [1.165, 1.54) is 0 Å². The van der Waals surface area contributed by atoms with Crippen molar-refractivity contribution >= 4 is 43.6 Å². The molecule has 0 aliphatic carbocycles. The maximum absolute atomic E-state index is 5.30. The minimum absolute atomic E-state index is 0.558. The van der Waals surface area contributed by atoms with Gasteiger partial charge in [-0.1, -0.05) is 170 Å². The number of benzene rings is 8. The van der Waals surface area contributed by atoms with Crippen LogP contribution in [0, 0.1) is 0 Å². The van der Waals surface area contributed by atoms with E-state index in [0.717, 1.165) is 94.1 Å². The zero-order valence-corrected chi connectivity index (χ0v) is 33.5. The fourth-order valence-electron chi connectivity index (χ4n) is 8.92. The van der Waals surface area contributed by atoms with Crippen LogP contribution in [0.15, 0.2) is 218 Å². The standard InChI is InChI=1S/C56H36N6/c1-4-18-37(19-5-1)40-24-16-25-41(34-40)55-58-54(39-22-8-3-9-23-39)59-56(60-55)62-50-32-14-11-27-43(50)46-35-52-45(36-53(46)62)42-26-10-13-31-49(42)61(52)51-33-15-12-28-44(51)48-30-17-29-47(57-48)38-20-6-2-7-21-38/h1-36H. The van der Waals surface area contributed by atoms with Crippen LogP contribution in [0.3, 0.4) is 0 Å². The normalized spacial score (nSPS) is 11.5. The molecular formula is C56H36N6. The molecule has 0 aliphatic heterocycles. The highest BCUT2D eigenvalue weighted by Gasteiger charge is 2.22. The third-order valence-corrected chi connectivity index (χ3v) is 11.8. The molecule has 290 valence electrons. The molecule has 0 saturated carbocycles. The molecule has 6 heteroatoms. The minimum Gasteiger partial charge on any atom is -0.309 e. The molecule has 0 amide bonds. The van der Waals surface area contributed by atoms with Gasteiger partial charge in [-0.25, -0.2) is 9.97 Å². The third-order valence-electron chi connectivity index (χ3n) is 11.8. The van der Waals surface area contributed by atoms with Crippen molar-refractivity contribution in [3.63, 3.8) is 0 Å². The predicted molar refractivity (Wildman–Crippen MR) is 253 cm³/mol. The molecule has 4 heterocycles. The van der Waals surface area contributed by atoms with Crippen LogP contribution in [-0.2, 0) is 0 Å². The molecule has 62 heavy (non-hydrogen) atoms. The average Bonchev–Trinajstić information content (AvgIpc) is 3.86. The fourth-order valence-corrected chi connectivity index (χ4v) is 8.92. The first kappa shape index (κ1) is 35.5. The van der Waals surface area contributed by atoms with Crippen LogP contribution < -0.4 is 0 Å². The molecular weight excluding hydrogens is 757 g/mol. The van der Waals surface area contributed by atoms with Gasteiger partial charge in [-0.3, -0.25) is 4.57 Å². The van der Waals surface area contributed by atoms with Gasteiger partial charge >= 0.3 is 0 Å². The quantitative estimate of drug-likeness (QED) is 0.161. The van der Waals surface area contributed by atoms with Crippen molar-refractivity contribution in [2.75, 3.05) is 0 Å². The van der Waals surface area contributed by atoms with E-state index in [4.69, 9.17) is 19.9 Å². The lowest BCUT2D eigenvalue weighted by Gasteiger charge is -2.14. The zero-order chi connectivity index (χ0) is 41.0. The van der Waals surface area contributed by atoms with Crippen LogP contribution in [-0.4, -0.2) is 29.1 Å². The smallest absolute Gasteiger partial charge is 0.238 e. The number of nitrogens with zero attached hydrogens (tertiary/aromatic N) is 6. The lowest BCUT2D eigenvalue weighted by atomic mass is 10.0. The summed E-state index contributed by atoms with van der Waals surface area (Å²) in [4.78, 5) is 20.9. The van der Waals surface area contributed by atoms with E-state index in [9.17, 15) is 0 Å². The van der Waals surface area contributed by atoms with E-state index in [2.05, 4.69) is 197 Å². The number of hydrogen-bond donors (Lipinski definition) is 0. The summed E-state index contributed by atoms with van der Waals surface area (Å²) in [5.74, 6) is 1.78. The van der Waals surface area contributed by atoms with E-state index in [0.29, 0.717) is 17.6 Å². The van der Waals surface area contributed by atoms with Gasteiger partial charge in [0, 0.05) is 43.8 Å². The largest absolute Gasteiger partial charge is 0.309 e. The summed E-state index contributed by atoms with van der Waals surface area (Å²) in [6.45, 7) is 0. The van der Waals surface area contributed by atoms with Crippen LogP contribution in [0.2, 0.25) is 0 Å². The number of hydrogen-bond acceptors (Lipinski definition) is 4. The second kappa shape index (κ2) is 14.7. The Bertz CT molecular complexity index is 3630. The van der Waals surface area contributed by atoms with Crippen molar-refractivity contribution in [1.29, 1.82) is 0 Å². The average molecular weight is 793 g/mol. The molecule has 0 unspecified atom stereocenters. The predicted octanol–water partition coefficient (Wildman–Crippen LogP) is 13.8. The summed E-state index contributed by atoms with van der Waals surface area (Å²) in [7, 11) is 0. The lowest BCUT2D eigenvalue weighted by Crippen LogP contribution is -2.06. The molecule has 0 fully saturated rings. The van der Waals surface area contributed by atoms with Gasteiger partial charge in [0.2, 0.25) is 5.95 Å². The van der Waals surface area contributed by atoms with Crippen LogP contribution in [0.1, 0.15) is 0 Å². The summed E-state index contributed by atoms with van der Waals surface area (Å²) in [5, 5.41) is 4.50. The summed E-state index contributed by atoms with van der Waals surface area (Å²) in [6.07, 6.45) is 0. The highest BCUT2D eigenvalue weighted by molar-refractivity contribution is 6.19. The Balaban J connectivity index is 1.10. The topological polar surface area (TPSA) is 61.4 Å². The number of pyridine rings is 1. The minimum atomic E-state index is 0.558. The first-order valence-corrected chi connectivity index (χ1v) is 20.8. The van der Waals surface area contributed by atoms with Gasteiger partial charge in [-0.05, 0) is 59.7 Å². The summed E-state index contributed by atoms with van der Waals surface area (Å²) >= 11 is 0. The number of aromatic nitrogens is 6. The molecule has 0 atom stereocenters. The third kappa shape index (κ3) is 5.96. The van der Waals surface area contributed by atoms with Gasteiger partial charge in [0.25, 0.3) is 0 Å². The first-order chi connectivity index (χ1) is 30.7. The highest BCUT2D eigenvalue weighted by Crippen LogP contribution is 2.41. The Morgan fingerprint density at radius 1 is 0.274 bits per heavy atom. The second-order valence-corrected chi connectivity index (χ2v) is 15.5. The van der Waals surface area contributed by atoms with Crippen molar-refractivity contribution in [1.82, 2.24) is 29.1 Å². The molecule has 0 N–H and O–H groups in total. The Hall–Kier alpha value is -8.48. The molecule has 0 saturated heterocycles. The zero-order valence-electron chi connectivity index (χ0n) is 33.5. The van der Waals surface area contributed by atoms with Crippen molar-refractivity contribution in [3.05, 3.63) is 218 Å². The lowest BCUT2D eigenvalue weighted by molar-refractivity contribution is 0.954. The van der Waals surface area contributed by atoms with E-state index in [-0.39, 0.29) is 0 Å². The van der Waals surface area contributed by atoms with Gasteiger partial charge in [0.1, 0.15) is 0 Å². The van der Waals surface area contributed by atoms with Gasteiger partial charge < -0.3 is 4.57 Å². The fraction of sp³-hybridized carbons (Fsp3) is 0. The summed E-state index contributed by atoms with van der Waals surface area (Å²) in [6, 6.07) is 76.2. The van der Waals surface area contributed by atoms with E-state index >= 15 is 0 Å². The van der Waals surface area contributed by atoms with Gasteiger partial charge in [0.15, 0.2) is 11.6 Å². The van der Waals surface area contributed by atoms with E-state index in [1.54, 1.807) is 0 Å². The molecule has 4 aromatic heterocycles. The van der Waals surface area contributed by atoms with Crippen LogP contribution in [0.5, 0.6) is 0 Å². The van der Waals surface area contributed by atoms with Crippen molar-refractivity contribution in [2.45, 2.75) is 0 Å². The Kier molecular flexibility index (Phi) is 8.38. The Morgan fingerprint density at radius 3 is 1.48 bits per heavy atom. The summed E-state index contributed by atoms with van der Waals surface area (Å²) < 4.78 is 4.61. The van der Waals surface area contributed by atoms with Gasteiger partial charge in [0.05, 0.1) is 39.1 Å². The molecule has 6 nitrogen and oxygen atoms in total. The van der Waals surface area contributed by atoms with Crippen molar-refractivity contribution in [2.24, 2.45) is 0 Å². The second-order valence-electron chi connectivity index (χ2n) is 15.5. The van der Waals surface area contributed by atoms with E-state index in [1.807, 2.05) is 30.3 Å². The number of rotatable bonds is 7. The molecule has 12 rings (SSSR count). The Labute approximate surface area is 357 Å². The molecule has 12 aromatic rings. The molecule has 8 aromatic carbocycles. The highest BCUT2D eigenvalue weighted by atomic mass is 15.2. The molecule has 0 bridgehead atoms. The number of para-hydroxylation sites is 3. The monoisotopic (exact) mass is 792 g/mol. The van der Waals surface area contributed by atoms with Crippen molar-refractivity contribution < 1.29 is 0 Å². The number of fused-ring (bicyclic) bond motifs is 6. The Morgan fingerprint density at radius 2 is 0.774 bits per heavy atom. The van der Waals surface area contributed by atoms with E-state index < -0.39 is 0 Å². The first-order valence-electron chi connectivity index (χ1n) is 20.8. The molecule has 0 radical (unpaired) electrons. The molecule has 0 spiro atoms. The van der Waals surface area contributed by atoms with Crippen LogP contribution in [0.25, 0.3) is 112 Å². The van der Waals surface area contributed by atoms with Crippen LogP contribution >= 0.6 is 0 Å². The maximum atomic E-state index is 5.30. The maximum Gasteiger partial charge on any atom is 0.238 e. The van der Waals surface area contributed by atoms with Gasteiger partial charge in [-0.15, -0.1) is 0 Å².